The lowest BCUT2D eigenvalue weighted by Crippen LogP contribution is -2.36. The lowest BCUT2D eigenvalue weighted by molar-refractivity contribution is 0.0728. The molecule has 2 N–H and O–H groups in total. The fourth-order valence-corrected chi connectivity index (χ4v) is 3.87. The number of primary sulfonamides is 1. The van der Waals surface area contributed by atoms with Crippen LogP contribution >= 0.6 is 15.9 Å². The summed E-state index contributed by atoms with van der Waals surface area (Å²) in [7, 11) is -4.23. The Morgan fingerprint density at radius 1 is 1.52 bits per heavy atom. The molecule has 1 saturated heterocycles. The number of amides is 1. The van der Waals surface area contributed by atoms with E-state index in [1.54, 1.807) is 4.90 Å². The maximum absolute atomic E-state index is 14.4. The Hall–Kier alpha value is -0.990. The predicted molar refractivity (Wildman–Crippen MR) is 79.8 cm³/mol. The molecule has 1 aliphatic heterocycles. The van der Waals surface area contributed by atoms with Gasteiger partial charge >= 0.3 is 0 Å². The quantitative estimate of drug-likeness (QED) is 0.875. The summed E-state index contributed by atoms with van der Waals surface area (Å²) in [4.78, 5) is 13.4. The molecule has 5 nitrogen and oxygen atoms in total. The number of carbonyl (C=O) groups excluding carboxylic acids is 1. The molecule has 1 fully saturated rings. The van der Waals surface area contributed by atoms with Crippen LogP contribution in [0.3, 0.4) is 0 Å². The third-order valence-electron chi connectivity index (χ3n) is 3.65. The Morgan fingerprint density at radius 2 is 2.19 bits per heavy atom. The van der Waals surface area contributed by atoms with E-state index in [0.717, 1.165) is 25.3 Å². The minimum atomic E-state index is -4.23. The first-order valence-electron chi connectivity index (χ1n) is 6.58. The number of rotatable bonds is 3. The minimum absolute atomic E-state index is 0.0637. The van der Waals surface area contributed by atoms with Crippen molar-refractivity contribution in [2.75, 3.05) is 6.54 Å². The van der Waals surface area contributed by atoms with Crippen LogP contribution in [0.4, 0.5) is 4.39 Å². The first kappa shape index (κ1) is 16.4. The first-order valence-corrected chi connectivity index (χ1v) is 8.92. The van der Waals surface area contributed by atoms with Gasteiger partial charge in [0, 0.05) is 17.1 Å². The van der Waals surface area contributed by atoms with E-state index < -0.39 is 26.6 Å². The molecule has 1 unspecified atom stereocenters. The highest BCUT2D eigenvalue weighted by molar-refractivity contribution is 9.10. The molecule has 0 aliphatic carbocycles. The fraction of sp³-hybridized carbons (Fsp3) is 0.462. The van der Waals surface area contributed by atoms with Gasteiger partial charge in [0.05, 0.1) is 5.56 Å². The van der Waals surface area contributed by atoms with Crippen LogP contribution in [0.25, 0.3) is 0 Å². The zero-order chi connectivity index (χ0) is 15.8. The summed E-state index contributed by atoms with van der Waals surface area (Å²) in [5.41, 5.74) is -0.270. The largest absolute Gasteiger partial charge is 0.336 e. The van der Waals surface area contributed by atoms with Crippen molar-refractivity contribution in [2.45, 2.75) is 37.1 Å². The average molecular weight is 379 g/mol. The molecule has 1 amide bonds. The SMILES string of the molecule is CCC1CCCN1C(=O)c1cc(Br)cc(S(N)(=O)=O)c1F. The van der Waals surface area contributed by atoms with E-state index in [2.05, 4.69) is 15.9 Å². The Labute approximate surface area is 131 Å². The summed E-state index contributed by atoms with van der Waals surface area (Å²) in [6, 6.07) is 2.41. The molecule has 0 aromatic heterocycles. The number of benzene rings is 1. The number of carbonyl (C=O) groups is 1. The molecule has 2 rings (SSSR count). The molecule has 0 spiro atoms. The number of hydrogen-bond donors (Lipinski definition) is 1. The van der Waals surface area contributed by atoms with Crippen LogP contribution in [0.5, 0.6) is 0 Å². The molecule has 21 heavy (non-hydrogen) atoms. The second kappa shape index (κ2) is 6.02. The molecule has 1 heterocycles. The number of nitrogens with zero attached hydrogens (tertiary/aromatic N) is 1. The fourth-order valence-electron chi connectivity index (χ4n) is 2.61. The molecule has 116 valence electrons. The van der Waals surface area contributed by atoms with Crippen LogP contribution in [-0.2, 0) is 10.0 Å². The number of sulfonamides is 1. The van der Waals surface area contributed by atoms with Gasteiger partial charge in [0.25, 0.3) is 5.91 Å². The van der Waals surface area contributed by atoms with Gasteiger partial charge in [0.2, 0.25) is 10.0 Å². The van der Waals surface area contributed by atoms with Crippen LogP contribution < -0.4 is 5.14 Å². The van der Waals surface area contributed by atoms with Crippen LogP contribution in [0.1, 0.15) is 36.5 Å². The number of nitrogens with two attached hydrogens (primary N) is 1. The summed E-state index contributed by atoms with van der Waals surface area (Å²) in [5.74, 6) is -1.59. The Kier molecular flexibility index (Phi) is 4.69. The zero-order valence-corrected chi connectivity index (χ0v) is 13.9. The van der Waals surface area contributed by atoms with E-state index in [1.807, 2.05) is 6.92 Å². The highest BCUT2D eigenvalue weighted by Crippen LogP contribution is 2.27. The minimum Gasteiger partial charge on any atom is -0.336 e. The van der Waals surface area contributed by atoms with Crippen molar-refractivity contribution in [3.05, 3.63) is 28.0 Å². The second-order valence-electron chi connectivity index (χ2n) is 5.01. The number of likely N-dealkylation sites (tertiary alicyclic amines) is 1. The molecule has 0 saturated carbocycles. The summed E-state index contributed by atoms with van der Waals surface area (Å²) in [5, 5.41) is 4.99. The van der Waals surface area contributed by atoms with Crippen molar-refractivity contribution in [3.63, 3.8) is 0 Å². The van der Waals surface area contributed by atoms with Crippen molar-refractivity contribution < 1.29 is 17.6 Å². The van der Waals surface area contributed by atoms with Crippen molar-refractivity contribution in [1.29, 1.82) is 0 Å². The van der Waals surface area contributed by atoms with E-state index in [4.69, 9.17) is 5.14 Å². The average Bonchev–Trinajstić information content (AvgIpc) is 2.87. The van der Waals surface area contributed by atoms with Crippen molar-refractivity contribution in [3.8, 4) is 0 Å². The molecule has 0 bridgehead atoms. The maximum atomic E-state index is 14.4. The second-order valence-corrected chi connectivity index (χ2v) is 7.46. The van der Waals surface area contributed by atoms with Crippen molar-refractivity contribution in [2.24, 2.45) is 5.14 Å². The molecule has 8 heteroatoms. The lowest BCUT2D eigenvalue weighted by atomic mass is 10.1. The first-order chi connectivity index (χ1) is 9.75. The van der Waals surface area contributed by atoms with Gasteiger partial charge in [-0.15, -0.1) is 0 Å². The number of hydrogen-bond acceptors (Lipinski definition) is 3. The molecule has 1 atom stereocenters. The topological polar surface area (TPSA) is 80.5 Å². The number of halogens is 2. The third-order valence-corrected chi connectivity index (χ3v) is 5.02. The van der Waals surface area contributed by atoms with Gasteiger partial charge in [0.1, 0.15) is 4.90 Å². The zero-order valence-electron chi connectivity index (χ0n) is 11.5. The third kappa shape index (κ3) is 3.27. The lowest BCUT2D eigenvalue weighted by Gasteiger charge is -2.24. The molecule has 1 aromatic rings. The molecule has 1 aliphatic rings. The van der Waals surface area contributed by atoms with Gasteiger partial charge < -0.3 is 4.90 Å². The van der Waals surface area contributed by atoms with E-state index in [9.17, 15) is 17.6 Å². The van der Waals surface area contributed by atoms with Gasteiger partial charge in [-0.2, -0.15) is 0 Å². The smallest absolute Gasteiger partial charge is 0.257 e. The van der Waals surface area contributed by atoms with Gasteiger partial charge in [-0.05, 0) is 31.4 Å². The van der Waals surface area contributed by atoms with Crippen LogP contribution in [-0.4, -0.2) is 31.8 Å². The normalized spacial score (nSPS) is 19.0. The van der Waals surface area contributed by atoms with Crippen molar-refractivity contribution in [1.82, 2.24) is 4.90 Å². The van der Waals surface area contributed by atoms with Crippen LogP contribution in [0.15, 0.2) is 21.5 Å². The summed E-state index contributed by atoms with van der Waals surface area (Å²) < 4.78 is 37.5. The van der Waals surface area contributed by atoms with E-state index in [1.165, 1.54) is 6.07 Å². The standard InChI is InChI=1S/C13H16BrFN2O3S/c1-2-9-4-3-5-17(9)13(18)10-6-8(14)7-11(12(10)15)21(16,19)20/h6-7,9H,2-5H2,1H3,(H2,16,19,20). The molecule has 0 radical (unpaired) electrons. The maximum Gasteiger partial charge on any atom is 0.257 e. The highest BCUT2D eigenvalue weighted by Gasteiger charge is 2.31. The highest BCUT2D eigenvalue weighted by atomic mass is 79.9. The molecular weight excluding hydrogens is 363 g/mol. The molecule has 1 aromatic carbocycles. The van der Waals surface area contributed by atoms with Gasteiger partial charge in [0.15, 0.2) is 5.82 Å². The van der Waals surface area contributed by atoms with Gasteiger partial charge in [-0.1, -0.05) is 22.9 Å². The van der Waals surface area contributed by atoms with E-state index in [0.29, 0.717) is 11.0 Å². The van der Waals surface area contributed by atoms with Gasteiger partial charge in [-0.3, -0.25) is 4.79 Å². The van der Waals surface area contributed by atoms with Crippen LogP contribution in [0.2, 0.25) is 0 Å². The Balaban J connectivity index is 2.49. The monoisotopic (exact) mass is 378 g/mol. The summed E-state index contributed by atoms with van der Waals surface area (Å²) >= 11 is 3.09. The van der Waals surface area contributed by atoms with Crippen LogP contribution in [0, 0.1) is 5.82 Å². The predicted octanol–water partition coefficient (Wildman–Crippen LogP) is 2.25. The van der Waals surface area contributed by atoms with E-state index >= 15 is 0 Å². The summed E-state index contributed by atoms with van der Waals surface area (Å²) in [6.07, 6.45) is 2.52. The Bertz CT molecular complexity index is 678. The van der Waals surface area contributed by atoms with Gasteiger partial charge in [-0.25, -0.2) is 17.9 Å². The Morgan fingerprint density at radius 3 is 2.76 bits per heavy atom. The van der Waals surface area contributed by atoms with Crippen molar-refractivity contribution >= 4 is 31.9 Å². The summed E-state index contributed by atoms with van der Waals surface area (Å²) in [6.45, 7) is 2.51. The van der Waals surface area contributed by atoms with E-state index in [-0.39, 0.29) is 11.6 Å². The molecular formula is C13H16BrFN2O3S.